The summed E-state index contributed by atoms with van der Waals surface area (Å²) in [6.45, 7) is 1.88. The molecular weight excluding hydrogens is 248 g/mol. The highest BCUT2D eigenvalue weighted by Gasteiger charge is 2.15. The summed E-state index contributed by atoms with van der Waals surface area (Å²) in [5.74, 6) is -0.956. The van der Waals surface area contributed by atoms with Gasteiger partial charge in [0.2, 0.25) is 5.91 Å². The third kappa shape index (κ3) is 4.26. The van der Waals surface area contributed by atoms with Gasteiger partial charge in [0.15, 0.2) is 0 Å². The number of carboxylic acid groups (broad SMARTS) is 1. The van der Waals surface area contributed by atoms with E-state index in [0.29, 0.717) is 12.2 Å². The summed E-state index contributed by atoms with van der Waals surface area (Å²) in [6, 6.07) is 4.14. The summed E-state index contributed by atoms with van der Waals surface area (Å²) in [5.41, 5.74) is 5.90. The van der Waals surface area contributed by atoms with Crippen LogP contribution in [0.3, 0.4) is 0 Å². The fourth-order valence-corrected chi connectivity index (χ4v) is 1.52. The second-order valence-electron chi connectivity index (χ2n) is 4.14. The Labute approximate surface area is 111 Å². The molecule has 0 aromatic heterocycles. The molecule has 104 valence electrons. The molecular formula is C13H18N2O4. The number of anilines is 1. The van der Waals surface area contributed by atoms with Crippen molar-refractivity contribution in [2.24, 2.45) is 5.73 Å². The molecule has 1 rings (SSSR count). The van der Waals surface area contributed by atoms with Gasteiger partial charge in [0, 0.05) is 18.5 Å². The van der Waals surface area contributed by atoms with Crippen LogP contribution in [0, 0.1) is 0 Å². The zero-order chi connectivity index (χ0) is 14.4. The van der Waals surface area contributed by atoms with E-state index in [2.05, 4.69) is 5.32 Å². The maximum Gasteiger partial charge on any atom is 0.337 e. The van der Waals surface area contributed by atoms with Gasteiger partial charge in [-0.2, -0.15) is 0 Å². The van der Waals surface area contributed by atoms with E-state index in [-0.39, 0.29) is 29.6 Å². The van der Waals surface area contributed by atoms with Crippen molar-refractivity contribution in [2.75, 3.05) is 12.4 Å². The monoisotopic (exact) mass is 266 g/mol. The molecule has 0 saturated carbocycles. The van der Waals surface area contributed by atoms with Gasteiger partial charge in [0.05, 0.1) is 18.4 Å². The first-order chi connectivity index (χ1) is 8.97. The van der Waals surface area contributed by atoms with Gasteiger partial charge in [-0.25, -0.2) is 4.79 Å². The number of carbonyl (C=O) groups is 2. The smallest absolute Gasteiger partial charge is 0.337 e. The molecule has 19 heavy (non-hydrogen) atoms. The number of hydrogen-bond donors (Lipinski definition) is 3. The van der Waals surface area contributed by atoms with E-state index < -0.39 is 5.97 Å². The number of methoxy groups -OCH3 is 1. The topological polar surface area (TPSA) is 102 Å². The molecule has 0 spiro atoms. The number of carboxylic acids is 1. The second-order valence-corrected chi connectivity index (χ2v) is 4.14. The van der Waals surface area contributed by atoms with E-state index in [1.54, 1.807) is 0 Å². The Bertz CT molecular complexity index is 474. The van der Waals surface area contributed by atoms with E-state index in [1.165, 1.54) is 25.3 Å². The molecule has 0 aliphatic rings. The molecule has 1 aromatic carbocycles. The van der Waals surface area contributed by atoms with E-state index in [4.69, 9.17) is 15.6 Å². The molecule has 1 unspecified atom stereocenters. The van der Waals surface area contributed by atoms with Gasteiger partial charge >= 0.3 is 5.97 Å². The summed E-state index contributed by atoms with van der Waals surface area (Å²) in [4.78, 5) is 22.8. The van der Waals surface area contributed by atoms with E-state index >= 15 is 0 Å². The number of benzene rings is 1. The molecule has 4 N–H and O–H groups in total. The largest absolute Gasteiger partial charge is 0.497 e. The van der Waals surface area contributed by atoms with Crippen molar-refractivity contribution in [1.29, 1.82) is 0 Å². The highest BCUT2D eigenvalue weighted by atomic mass is 16.5. The number of hydrogen-bond acceptors (Lipinski definition) is 4. The van der Waals surface area contributed by atoms with Crippen molar-refractivity contribution in [3.8, 4) is 5.75 Å². The Morgan fingerprint density at radius 3 is 2.68 bits per heavy atom. The number of amides is 1. The van der Waals surface area contributed by atoms with E-state index in [9.17, 15) is 9.59 Å². The fraction of sp³-hybridized carbons (Fsp3) is 0.385. The Morgan fingerprint density at radius 1 is 1.47 bits per heavy atom. The first kappa shape index (κ1) is 15.0. The van der Waals surface area contributed by atoms with Gasteiger partial charge in [-0.15, -0.1) is 0 Å². The molecule has 6 nitrogen and oxygen atoms in total. The first-order valence-corrected chi connectivity index (χ1v) is 5.94. The van der Waals surface area contributed by atoms with Gasteiger partial charge in [-0.1, -0.05) is 6.92 Å². The predicted molar refractivity (Wildman–Crippen MR) is 71.5 cm³/mol. The van der Waals surface area contributed by atoms with Crippen LogP contribution in [0.4, 0.5) is 5.69 Å². The van der Waals surface area contributed by atoms with E-state index in [1.807, 2.05) is 6.92 Å². The minimum absolute atomic E-state index is 0.0132. The Kier molecular flexibility index (Phi) is 5.32. The molecule has 0 bridgehead atoms. The molecule has 0 aliphatic heterocycles. The van der Waals surface area contributed by atoms with Crippen molar-refractivity contribution in [3.05, 3.63) is 23.8 Å². The van der Waals surface area contributed by atoms with Crippen LogP contribution in [0.25, 0.3) is 0 Å². The number of aromatic carboxylic acids is 1. The average Bonchev–Trinajstić information content (AvgIpc) is 2.37. The normalized spacial score (nSPS) is 11.7. The lowest BCUT2D eigenvalue weighted by molar-refractivity contribution is -0.116. The van der Waals surface area contributed by atoms with Crippen molar-refractivity contribution in [1.82, 2.24) is 0 Å². The van der Waals surface area contributed by atoms with Crippen molar-refractivity contribution in [2.45, 2.75) is 25.8 Å². The average molecular weight is 266 g/mol. The molecule has 6 heteroatoms. The molecule has 0 fully saturated rings. The highest BCUT2D eigenvalue weighted by Crippen LogP contribution is 2.22. The Hall–Kier alpha value is -2.08. The van der Waals surface area contributed by atoms with Crippen LogP contribution in [0.2, 0.25) is 0 Å². The van der Waals surface area contributed by atoms with Crippen LogP contribution in [-0.4, -0.2) is 30.1 Å². The molecule has 1 atom stereocenters. The second kappa shape index (κ2) is 6.75. The summed E-state index contributed by atoms with van der Waals surface area (Å²) >= 11 is 0. The van der Waals surface area contributed by atoms with Crippen molar-refractivity contribution >= 4 is 17.6 Å². The quantitative estimate of drug-likeness (QED) is 0.723. The highest BCUT2D eigenvalue weighted by molar-refractivity contribution is 6.00. The zero-order valence-electron chi connectivity index (χ0n) is 11.0. The standard InChI is InChI=1S/C13H18N2O4/c1-3-8(14)6-12(16)15-11-7-9(19-2)4-5-10(11)13(17)18/h4-5,7-8H,3,6,14H2,1-2H3,(H,15,16)(H,17,18). The molecule has 0 saturated heterocycles. The Balaban J connectivity index is 2.91. The van der Waals surface area contributed by atoms with Gasteiger partial charge in [-0.3, -0.25) is 4.79 Å². The van der Waals surface area contributed by atoms with Crippen LogP contribution < -0.4 is 15.8 Å². The number of carbonyl (C=O) groups excluding carboxylic acids is 1. The lowest BCUT2D eigenvalue weighted by Gasteiger charge is -2.12. The van der Waals surface area contributed by atoms with Gasteiger partial charge in [0.1, 0.15) is 5.75 Å². The number of ether oxygens (including phenoxy) is 1. The molecule has 0 heterocycles. The van der Waals surface area contributed by atoms with Gasteiger partial charge in [0.25, 0.3) is 0 Å². The predicted octanol–water partition coefficient (Wildman–Crippen LogP) is 1.46. The van der Waals surface area contributed by atoms with Crippen LogP contribution >= 0.6 is 0 Å². The minimum atomic E-state index is -1.11. The third-order valence-corrected chi connectivity index (χ3v) is 2.70. The van der Waals surface area contributed by atoms with Crippen LogP contribution in [0.1, 0.15) is 30.1 Å². The maximum atomic E-state index is 11.7. The Morgan fingerprint density at radius 2 is 2.16 bits per heavy atom. The molecule has 0 aliphatic carbocycles. The fourth-order valence-electron chi connectivity index (χ4n) is 1.52. The van der Waals surface area contributed by atoms with Crippen LogP contribution in [0.5, 0.6) is 5.75 Å². The van der Waals surface area contributed by atoms with Crippen molar-refractivity contribution in [3.63, 3.8) is 0 Å². The SMILES string of the molecule is CCC(N)CC(=O)Nc1cc(OC)ccc1C(=O)O. The van der Waals surface area contributed by atoms with Gasteiger partial charge in [-0.05, 0) is 18.6 Å². The van der Waals surface area contributed by atoms with Crippen LogP contribution in [-0.2, 0) is 4.79 Å². The number of nitrogens with one attached hydrogen (secondary N) is 1. The number of rotatable bonds is 6. The summed E-state index contributed by atoms with van der Waals surface area (Å²) < 4.78 is 5.00. The molecule has 1 amide bonds. The summed E-state index contributed by atoms with van der Waals surface area (Å²) in [7, 11) is 1.47. The summed E-state index contributed by atoms with van der Waals surface area (Å²) in [6.07, 6.45) is 0.823. The third-order valence-electron chi connectivity index (χ3n) is 2.70. The van der Waals surface area contributed by atoms with Crippen molar-refractivity contribution < 1.29 is 19.4 Å². The molecule has 1 aromatic rings. The lowest BCUT2D eigenvalue weighted by Crippen LogP contribution is -2.26. The lowest BCUT2D eigenvalue weighted by atomic mass is 10.1. The maximum absolute atomic E-state index is 11.7. The first-order valence-electron chi connectivity index (χ1n) is 5.94. The van der Waals surface area contributed by atoms with E-state index in [0.717, 1.165) is 0 Å². The summed E-state index contributed by atoms with van der Waals surface area (Å²) in [5, 5.41) is 11.6. The molecule has 0 radical (unpaired) electrons. The zero-order valence-corrected chi connectivity index (χ0v) is 11.0. The number of nitrogens with two attached hydrogens (primary N) is 1. The minimum Gasteiger partial charge on any atom is -0.497 e. The van der Waals surface area contributed by atoms with Gasteiger partial charge < -0.3 is 20.9 Å². The van der Waals surface area contributed by atoms with Crippen LogP contribution in [0.15, 0.2) is 18.2 Å².